The SMILES string of the molecule is Cc1cccc(Cl)c1CC(=O)c1cc(O)c(/C=N/Nc2ncc(F)c(N3CCOCC3)n2)cc1Br. The van der Waals surface area contributed by atoms with Gasteiger partial charge < -0.3 is 14.7 Å². The van der Waals surface area contributed by atoms with Gasteiger partial charge in [-0.3, -0.25) is 4.79 Å². The first kappa shape index (κ1) is 25.0. The van der Waals surface area contributed by atoms with Gasteiger partial charge in [-0.2, -0.15) is 10.1 Å². The van der Waals surface area contributed by atoms with Crippen molar-refractivity contribution in [1.29, 1.82) is 0 Å². The third kappa shape index (κ3) is 5.95. The van der Waals surface area contributed by atoms with Crippen LogP contribution in [-0.2, 0) is 11.2 Å². The minimum Gasteiger partial charge on any atom is -0.507 e. The van der Waals surface area contributed by atoms with Crippen LogP contribution >= 0.6 is 27.5 Å². The second-order valence-electron chi connectivity index (χ2n) is 7.86. The predicted molar refractivity (Wildman–Crippen MR) is 136 cm³/mol. The normalized spacial score (nSPS) is 13.9. The minimum absolute atomic E-state index is 0.101. The number of halogens is 3. The molecule has 1 aliphatic heterocycles. The van der Waals surface area contributed by atoms with Crippen LogP contribution in [0.4, 0.5) is 16.2 Å². The van der Waals surface area contributed by atoms with Crippen molar-refractivity contribution in [3.63, 3.8) is 0 Å². The van der Waals surface area contributed by atoms with Crippen molar-refractivity contribution in [1.82, 2.24) is 9.97 Å². The van der Waals surface area contributed by atoms with E-state index in [0.29, 0.717) is 46.9 Å². The zero-order valence-corrected chi connectivity index (χ0v) is 21.1. The van der Waals surface area contributed by atoms with Crippen molar-refractivity contribution in [2.75, 3.05) is 36.6 Å². The van der Waals surface area contributed by atoms with Crippen LogP contribution in [0, 0.1) is 12.7 Å². The number of nitrogens with zero attached hydrogens (tertiary/aromatic N) is 4. The minimum atomic E-state index is -0.532. The number of hydrogen-bond donors (Lipinski definition) is 2. The average molecular weight is 563 g/mol. The third-order valence-corrected chi connectivity index (χ3v) is 6.52. The van der Waals surface area contributed by atoms with Gasteiger partial charge >= 0.3 is 0 Å². The summed E-state index contributed by atoms with van der Waals surface area (Å²) in [6.45, 7) is 3.94. The van der Waals surface area contributed by atoms with E-state index in [1.54, 1.807) is 17.0 Å². The molecule has 2 N–H and O–H groups in total. The molecule has 0 bridgehead atoms. The molecule has 8 nitrogen and oxygen atoms in total. The monoisotopic (exact) mass is 561 g/mol. The topological polar surface area (TPSA) is 99.9 Å². The fraction of sp³-hybridized carbons (Fsp3) is 0.250. The number of aromatic nitrogens is 2. The first-order chi connectivity index (χ1) is 16.8. The molecule has 0 unspecified atom stereocenters. The van der Waals surface area contributed by atoms with Gasteiger partial charge in [0.1, 0.15) is 5.75 Å². The molecule has 182 valence electrons. The molecule has 4 rings (SSSR count). The second-order valence-corrected chi connectivity index (χ2v) is 9.12. The van der Waals surface area contributed by atoms with Gasteiger partial charge in [-0.25, -0.2) is 14.8 Å². The smallest absolute Gasteiger partial charge is 0.245 e. The Bertz CT molecular complexity index is 1260. The van der Waals surface area contributed by atoms with Crippen molar-refractivity contribution in [2.24, 2.45) is 5.10 Å². The van der Waals surface area contributed by atoms with E-state index in [2.05, 4.69) is 36.4 Å². The van der Waals surface area contributed by atoms with Gasteiger partial charge in [0, 0.05) is 40.1 Å². The summed E-state index contributed by atoms with van der Waals surface area (Å²) in [4.78, 5) is 22.8. The Hall–Kier alpha value is -3.08. The molecule has 1 fully saturated rings. The highest BCUT2D eigenvalue weighted by Crippen LogP contribution is 2.29. The lowest BCUT2D eigenvalue weighted by Gasteiger charge is -2.27. The van der Waals surface area contributed by atoms with E-state index in [9.17, 15) is 14.3 Å². The second kappa shape index (κ2) is 11.1. The molecule has 0 aliphatic carbocycles. The molecule has 2 heterocycles. The lowest BCUT2D eigenvalue weighted by molar-refractivity contribution is 0.0991. The fourth-order valence-electron chi connectivity index (χ4n) is 3.61. The van der Waals surface area contributed by atoms with Gasteiger partial charge in [0.25, 0.3) is 0 Å². The molecule has 1 aliphatic rings. The molecule has 3 aromatic rings. The van der Waals surface area contributed by atoms with Crippen LogP contribution in [0.3, 0.4) is 0 Å². The van der Waals surface area contributed by atoms with Gasteiger partial charge in [-0.05, 0) is 36.2 Å². The van der Waals surface area contributed by atoms with E-state index in [-0.39, 0.29) is 29.7 Å². The number of hydrazone groups is 1. The van der Waals surface area contributed by atoms with Crippen molar-refractivity contribution in [3.8, 4) is 5.75 Å². The molecule has 0 atom stereocenters. The highest BCUT2D eigenvalue weighted by Gasteiger charge is 2.18. The maximum Gasteiger partial charge on any atom is 0.245 e. The third-order valence-electron chi connectivity index (χ3n) is 5.51. The Labute approximate surface area is 214 Å². The molecule has 11 heteroatoms. The summed E-state index contributed by atoms with van der Waals surface area (Å²) in [5.74, 6) is -0.588. The van der Waals surface area contributed by atoms with Gasteiger partial charge in [-0.1, -0.05) is 39.7 Å². The summed E-state index contributed by atoms with van der Waals surface area (Å²) in [6.07, 6.45) is 2.53. The molecule has 0 amide bonds. The largest absolute Gasteiger partial charge is 0.507 e. The maximum absolute atomic E-state index is 14.2. The van der Waals surface area contributed by atoms with Crippen LogP contribution in [-0.4, -0.2) is 53.4 Å². The van der Waals surface area contributed by atoms with E-state index in [1.165, 1.54) is 12.3 Å². The van der Waals surface area contributed by atoms with Gasteiger partial charge in [0.15, 0.2) is 17.4 Å². The fourth-order valence-corrected chi connectivity index (χ4v) is 4.48. The van der Waals surface area contributed by atoms with Crippen LogP contribution in [0.5, 0.6) is 5.75 Å². The van der Waals surface area contributed by atoms with Crippen LogP contribution < -0.4 is 10.3 Å². The number of ether oxygens (including phenoxy) is 1. The molecule has 0 spiro atoms. The summed E-state index contributed by atoms with van der Waals surface area (Å²) in [6, 6.07) is 8.42. The molecule has 2 aromatic carbocycles. The van der Waals surface area contributed by atoms with E-state index in [1.807, 2.05) is 19.1 Å². The van der Waals surface area contributed by atoms with E-state index >= 15 is 0 Å². The summed E-state index contributed by atoms with van der Waals surface area (Å²) in [7, 11) is 0. The highest BCUT2D eigenvalue weighted by atomic mass is 79.9. The zero-order valence-electron chi connectivity index (χ0n) is 18.8. The molecule has 1 aromatic heterocycles. The Morgan fingerprint density at radius 2 is 2.14 bits per heavy atom. The molecule has 1 saturated heterocycles. The van der Waals surface area contributed by atoms with E-state index < -0.39 is 5.82 Å². The summed E-state index contributed by atoms with van der Waals surface area (Å²) in [5.41, 5.74) is 4.98. The number of phenolic OH excluding ortho intramolecular Hbond substituents is 1. The van der Waals surface area contributed by atoms with Crippen molar-refractivity contribution < 1.29 is 19.0 Å². The number of carbonyl (C=O) groups is 1. The Morgan fingerprint density at radius 3 is 2.89 bits per heavy atom. The van der Waals surface area contributed by atoms with Gasteiger partial charge in [0.05, 0.1) is 25.6 Å². The summed E-state index contributed by atoms with van der Waals surface area (Å²) >= 11 is 9.65. The van der Waals surface area contributed by atoms with Crippen LogP contribution in [0.1, 0.15) is 27.0 Å². The van der Waals surface area contributed by atoms with E-state index in [4.69, 9.17) is 16.3 Å². The first-order valence-corrected chi connectivity index (χ1v) is 11.9. The Morgan fingerprint density at radius 1 is 1.37 bits per heavy atom. The number of aryl methyl sites for hydroxylation is 1. The number of ketones is 1. The number of Topliss-reactive ketones (excluding diaryl/α,β-unsaturated/α-hetero) is 1. The van der Waals surface area contributed by atoms with E-state index in [0.717, 1.165) is 17.3 Å². The number of carbonyl (C=O) groups excluding carboxylic acids is 1. The molecular weight excluding hydrogens is 541 g/mol. The Balaban J connectivity index is 1.47. The summed E-state index contributed by atoms with van der Waals surface area (Å²) in [5, 5.41) is 15.0. The quantitative estimate of drug-likeness (QED) is 0.243. The molecular formula is C24H22BrClFN5O3. The number of benzene rings is 2. The number of aromatic hydroxyl groups is 1. The number of nitrogens with one attached hydrogen (secondary N) is 1. The standard InChI is InChI=1S/C24H22BrClFN5O3/c1-14-3-2-4-19(26)16(14)10-22(34)17-11-21(33)15(9-18(17)25)12-29-31-24-28-13-20(27)23(30-24)32-5-7-35-8-6-32/h2-4,9,11-13,33H,5-8,10H2,1H3,(H,28,30,31)/b29-12+. The Kier molecular flexibility index (Phi) is 7.94. The number of anilines is 2. The maximum atomic E-state index is 14.2. The molecule has 35 heavy (non-hydrogen) atoms. The van der Waals surface area contributed by atoms with Gasteiger partial charge in [-0.15, -0.1) is 0 Å². The van der Waals surface area contributed by atoms with Crippen LogP contribution in [0.2, 0.25) is 5.02 Å². The first-order valence-electron chi connectivity index (χ1n) is 10.8. The summed E-state index contributed by atoms with van der Waals surface area (Å²) < 4.78 is 20.0. The predicted octanol–water partition coefficient (Wildman–Crippen LogP) is 4.75. The number of rotatable bonds is 7. The number of hydrogen-bond acceptors (Lipinski definition) is 8. The van der Waals surface area contributed by atoms with Crippen molar-refractivity contribution in [3.05, 3.63) is 74.1 Å². The van der Waals surface area contributed by atoms with Crippen molar-refractivity contribution >= 4 is 51.3 Å². The molecule has 0 saturated carbocycles. The zero-order chi connectivity index (χ0) is 24.9. The van der Waals surface area contributed by atoms with Gasteiger partial charge in [0.2, 0.25) is 5.95 Å². The average Bonchev–Trinajstić information content (AvgIpc) is 2.85. The molecule has 0 radical (unpaired) electrons. The lowest BCUT2D eigenvalue weighted by Crippen LogP contribution is -2.37. The van der Waals surface area contributed by atoms with Crippen LogP contribution in [0.25, 0.3) is 0 Å². The van der Waals surface area contributed by atoms with Crippen LogP contribution in [0.15, 0.2) is 46.1 Å². The van der Waals surface area contributed by atoms with Crippen molar-refractivity contribution in [2.45, 2.75) is 13.3 Å². The lowest BCUT2D eigenvalue weighted by atomic mass is 9.98. The number of phenols is 1. The highest BCUT2D eigenvalue weighted by molar-refractivity contribution is 9.10. The number of morpholine rings is 1.